The Balaban J connectivity index is 1.83. The predicted molar refractivity (Wildman–Crippen MR) is 93.9 cm³/mol. The third kappa shape index (κ3) is 5.02. The van der Waals surface area contributed by atoms with E-state index in [0.717, 1.165) is 13.1 Å². The lowest BCUT2D eigenvalue weighted by Gasteiger charge is -2.23. The number of nitrogens with one attached hydrogen (secondary N) is 1. The summed E-state index contributed by atoms with van der Waals surface area (Å²) < 4.78 is 0. The molecule has 4 heteroatoms. The van der Waals surface area contributed by atoms with Gasteiger partial charge in [-0.15, -0.1) is 0 Å². The lowest BCUT2D eigenvalue weighted by Crippen LogP contribution is -2.35. The van der Waals surface area contributed by atoms with Crippen molar-refractivity contribution in [1.29, 1.82) is 0 Å². The van der Waals surface area contributed by atoms with Gasteiger partial charge < -0.3 is 15.3 Å². The van der Waals surface area contributed by atoms with Crippen molar-refractivity contribution < 1.29 is 9.90 Å². The van der Waals surface area contributed by atoms with Gasteiger partial charge in [-0.3, -0.25) is 4.79 Å². The van der Waals surface area contributed by atoms with Gasteiger partial charge in [-0.25, -0.2) is 0 Å². The minimum Gasteiger partial charge on any atom is -0.508 e. The van der Waals surface area contributed by atoms with Crippen LogP contribution in [0.3, 0.4) is 0 Å². The molecule has 0 saturated heterocycles. The number of likely N-dealkylation sites (N-methyl/N-ethyl adjacent to an activating group) is 1. The van der Waals surface area contributed by atoms with E-state index in [0.29, 0.717) is 12.1 Å². The third-order valence-electron chi connectivity index (χ3n) is 3.80. The Morgan fingerprint density at radius 1 is 1.17 bits per heavy atom. The second-order valence-corrected chi connectivity index (χ2v) is 5.57. The first-order valence-corrected chi connectivity index (χ1v) is 7.95. The molecule has 0 saturated carbocycles. The second-order valence-electron chi connectivity index (χ2n) is 5.57. The number of benzene rings is 2. The molecule has 2 rings (SSSR count). The van der Waals surface area contributed by atoms with Crippen LogP contribution in [0.1, 0.15) is 18.1 Å². The minimum atomic E-state index is -0.0770. The number of hydrogen-bond donors (Lipinski definition) is 2. The number of aryl methyl sites for hydroxylation is 1. The van der Waals surface area contributed by atoms with Crippen molar-refractivity contribution in [2.75, 3.05) is 24.5 Å². The third-order valence-corrected chi connectivity index (χ3v) is 3.80. The van der Waals surface area contributed by atoms with Gasteiger partial charge in [0.1, 0.15) is 5.75 Å². The first kappa shape index (κ1) is 16.9. The molecule has 0 radical (unpaired) electrons. The predicted octanol–water partition coefficient (Wildman–Crippen LogP) is 2.89. The van der Waals surface area contributed by atoms with E-state index in [4.69, 9.17) is 0 Å². The van der Waals surface area contributed by atoms with Crippen LogP contribution >= 0.6 is 0 Å². The summed E-state index contributed by atoms with van der Waals surface area (Å²) in [6, 6.07) is 15.3. The molecule has 2 aromatic rings. The Hall–Kier alpha value is -2.49. The van der Waals surface area contributed by atoms with Crippen LogP contribution in [0.5, 0.6) is 5.75 Å². The molecule has 2 N–H and O–H groups in total. The van der Waals surface area contributed by atoms with Gasteiger partial charge in [0.25, 0.3) is 0 Å². The number of amides is 1. The van der Waals surface area contributed by atoms with Crippen LogP contribution in [0.2, 0.25) is 0 Å². The molecule has 0 fully saturated rings. The zero-order valence-corrected chi connectivity index (χ0v) is 13.7. The Morgan fingerprint density at radius 3 is 2.65 bits per heavy atom. The molecule has 0 unspecified atom stereocenters. The highest BCUT2D eigenvalue weighted by Gasteiger charge is 2.08. The number of phenolic OH excluding ortho intramolecular Hbond substituents is 1. The van der Waals surface area contributed by atoms with E-state index in [9.17, 15) is 9.90 Å². The monoisotopic (exact) mass is 312 g/mol. The summed E-state index contributed by atoms with van der Waals surface area (Å²) in [6.07, 6.45) is 0.198. The Bertz CT molecular complexity index is 655. The number of carbonyl (C=O) groups excluding carboxylic acids is 1. The highest BCUT2D eigenvalue weighted by molar-refractivity contribution is 5.79. The Labute approximate surface area is 137 Å². The van der Waals surface area contributed by atoms with Gasteiger partial charge in [0.15, 0.2) is 0 Å². The number of carbonyl (C=O) groups is 1. The molecule has 0 heterocycles. The van der Waals surface area contributed by atoms with Crippen LogP contribution in [0, 0.1) is 6.92 Å². The van der Waals surface area contributed by atoms with E-state index in [1.54, 1.807) is 18.2 Å². The molecule has 0 aliphatic heterocycles. The van der Waals surface area contributed by atoms with Gasteiger partial charge in [-0.05, 0) is 37.6 Å². The maximum atomic E-state index is 12.0. The summed E-state index contributed by atoms with van der Waals surface area (Å²) in [5.74, 6) is 0.0874. The van der Waals surface area contributed by atoms with Crippen molar-refractivity contribution in [3.8, 4) is 5.75 Å². The van der Waals surface area contributed by atoms with Gasteiger partial charge in [-0.1, -0.05) is 30.3 Å². The van der Waals surface area contributed by atoms with Crippen molar-refractivity contribution in [1.82, 2.24) is 5.32 Å². The zero-order valence-electron chi connectivity index (χ0n) is 13.7. The number of phenols is 1. The molecule has 23 heavy (non-hydrogen) atoms. The molecule has 0 spiro atoms. The average molecular weight is 312 g/mol. The lowest BCUT2D eigenvalue weighted by atomic mass is 10.1. The van der Waals surface area contributed by atoms with Crippen LogP contribution in [0.15, 0.2) is 48.5 Å². The molecule has 2 aromatic carbocycles. The average Bonchev–Trinajstić information content (AvgIpc) is 2.54. The molecule has 122 valence electrons. The fourth-order valence-electron chi connectivity index (χ4n) is 2.52. The molecular weight excluding hydrogens is 288 g/mol. The summed E-state index contributed by atoms with van der Waals surface area (Å²) in [5, 5.41) is 12.6. The van der Waals surface area contributed by atoms with Crippen LogP contribution in [-0.2, 0) is 11.2 Å². The first-order valence-electron chi connectivity index (χ1n) is 7.95. The topological polar surface area (TPSA) is 52.6 Å². The Morgan fingerprint density at radius 2 is 1.96 bits per heavy atom. The van der Waals surface area contributed by atoms with Crippen molar-refractivity contribution >= 4 is 11.6 Å². The molecule has 0 aliphatic rings. The highest BCUT2D eigenvalue weighted by atomic mass is 16.3. The van der Waals surface area contributed by atoms with Gasteiger partial charge >= 0.3 is 0 Å². The number of anilines is 1. The smallest absolute Gasteiger partial charge is 0.224 e. The van der Waals surface area contributed by atoms with E-state index >= 15 is 0 Å². The van der Waals surface area contributed by atoms with Crippen molar-refractivity contribution in [3.63, 3.8) is 0 Å². The number of hydrogen-bond acceptors (Lipinski definition) is 3. The Kier molecular flexibility index (Phi) is 6.03. The van der Waals surface area contributed by atoms with Gasteiger partial charge in [0.05, 0.1) is 6.42 Å². The van der Waals surface area contributed by atoms with Crippen molar-refractivity contribution in [2.24, 2.45) is 0 Å². The van der Waals surface area contributed by atoms with Crippen LogP contribution in [-0.4, -0.2) is 30.6 Å². The zero-order chi connectivity index (χ0) is 16.7. The molecular formula is C19H24N2O2. The van der Waals surface area contributed by atoms with Gasteiger partial charge in [0.2, 0.25) is 5.91 Å². The summed E-state index contributed by atoms with van der Waals surface area (Å²) >= 11 is 0. The molecule has 0 bridgehead atoms. The SMILES string of the molecule is CCN(CCNC(=O)Cc1ccccc1O)c1cccc(C)c1. The molecule has 0 atom stereocenters. The van der Waals surface area contributed by atoms with E-state index < -0.39 is 0 Å². The highest BCUT2D eigenvalue weighted by Crippen LogP contribution is 2.16. The fourth-order valence-corrected chi connectivity index (χ4v) is 2.52. The van der Waals surface area contributed by atoms with Gasteiger partial charge in [-0.2, -0.15) is 0 Å². The standard InChI is InChI=1S/C19H24N2O2/c1-3-21(17-9-6-7-15(2)13-17)12-11-20-19(23)14-16-8-4-5-10-18(16)22/h4-10,13,22H,3,11-12,14H2,1-2H3,(H,20,23). The van der Waals surface area contributed by atoms with Gasteiger partial charge in [0, 0.05) is 30.9 Å². The quantitative estimate of drug-likeness (QED) is 0.826. The van der Waals surface area contributed by atoms with E-state index in [1.807, 2.05) is 12.1 Å². The molecule has 1 amide bonds. The van der Waals surface area contributed by atoms with Crippen LogP contribution in [0.25, 0.3) is 0 Å². The van der Waals surface area contributed by atoms with E-state index in [-0.39, 0.29) is 18.1 Å². The minimum absolute atomic E-state index is 0.0770. The number of rotatable bonds is 7. The second kappa shape index (κ2) is 8.22. The number of para-hydroxylation sites is 1. The fraction of sp³-hybridized carbons (Fsp3) is 0.316. The van der Waals surface area contributed by atoms with Crippen LogP contribution in [0.4, 0.5) is 5.69 Å². The van der Waals surface area contributed by atoms with E-state index in [1.165, 1.54) is 11.3 Å². The van der Waals surface area contributed by atoms with E-state index in [2.05, 4.69) is 42.3 Å². The molecule has 0 aromatic heterocycles. The number of nitrogens with zero attached hydrogens (tertiary/aromatic N) is 1. The molecule has 0 aliphatic carbocycles. The summed E-state index contributed by atoms with van der Waals surface area (Å²) in [6.45, 7) is 6.40. The summed E-state index contributed by atoms with van der Waals surface area (Å²) in [4.78, 5) is 14.2. The summed E-state index contributed by atoms with van der Waals surface area (Å²) in [5.41, 5.74) is 3.04. The number of aromatic hydroxyl groups is 1. The normalized spacial score (nSPS) is 10.3. The van der Waals surface area contributed by atoms with Crippen molar-refractivity contribution in [2.45, 2.75) is 20.3 Å². The first-order chi connectivity index (χ1) is 11.1. The van der Waals surface area contributed by atoms with Crippen molar-refractivity contribution in [3.05, 3.63) is 59.7 Å². The summed E-state index contributed by atoms with van der Waals surface area (Å²) in [7, 11) is 0. The maximum Gasteiger partial charge on any atom is 0.224 e. The molecule has 4 nitrogen and oxygen atoms in total. The van der Waals surface area contributed by atoms with Crippen LogP contribution < -0.4 is 10.2 Å². The largest absolute Gasteiger partial charge is 0.508 e. The lowest BCUT2D eigenvalue weighted by molar-refractivity contribution is -0.120. The maximum absolute atomic E-state index is 12.0.